The van der Waals surface area contributed by atoms with Crippen molar-refractivity contribution in [2.45, 2.75) is 20.0 Å². The van der Waals surface area contributed by atoms with Gasteiger partial charge in [0.05, 0.1) is 10.7 Å². The number of hydrogen-bond donors (Lipinski definition) is 1. The zero-order chi connectivity index (χ0) is 13.0. The van der Waals surface area contributed by atoms with E-state index in [-0.39, 0.29) is 0 Å². The van der Waals surface area contributed by atoms with E-state index in [1.165, 1.54) is 0 Å². The Morgan fingerprint density at radius 3 is 2.94 bits per heavy atom. The van der Waals surface area contributed by atoms with Crippen molar-refractivity contribution in [3.63, 3.8) is 0 Å². The SMILES string of the molecule is Cc1nc(COc2ccc(Cl)cc2CCN)cs1. The van der Waals surface area contributed by atoms with Gasteiger partial charge < -0.3 is 10.5 Å². The van der Waals surface area contributed by atoms with Gasteiger partial charge in [-0.15, -0.1) is 11.3 Å². The lowest BCUT2D eigenvalue weighted by Crippen LogP contribution is -2.05. The first-order valence-electron chi connectivity index (χ1n) is 5.71. The lowest BCUT2D eigenvalue weighted by atomic mass is 10.1. The first-order valence-corrected chi connectivity index (χ1v) is 6.97. The number of aromatic nitrogens is 1. The molecule has 5 heteroatoms. The fraction of sp³-hybridized carbons (Fsp3) is 0.308. The van der Waals surface area contributed by atoms with Crippen molar-refractivity contribution >= 4 is 22.9 Å². The van der Waals surface area contributed by atoms with Crippen LogP contribution in [0.5, 0.6) is 5.75 Å². The van der Waals surface area contributed by atoms with E-state index in [1.54, 1.807) is 11.3 Å². The molecule has 1 heterocycles. The highest BCUT2D eigenvalue weighted by Crippen LogP contribution is 2.24. The number of rotatable bonds is 5. The number of aryl methyl sites for hydroxylation is 1. The lowest BCUT2D eigenvalue weighted by molar-refractivity contribution is 0.299. The molecule has 0 aliphatic rings. The largest absolute Gasteiger partial charge is 0.487 e. The van der Waals surface area contributed by atoms with Gasteiger partial charge in [0.15, 0.2) is 0 Å². The standard InChI is InChI=1S/C13H15ClN2OS/c1-9-16-12(8-18-9)7-17-13-3-2-11(14)6-10(13)4-5-15/h2-3,6,8H,4-5,7,15H2,1H3. The van der Waals surface area contributed by atoms with Gasteiger partial charge >= 0.3 is 0 Å². The number of halogens is 1. The molecule has 0 radical (unpaired) electrons. The van der Waals surface area contributed by atoms with Gasteiger partial charge in [0.2, 0.25) is 0 Å². The Bertz CT molecular complexity index is 527. The first kappa shape index (κ1) is 13.3. The topological polar surface area (TPSA) is 48.1 Å². The Balaban J connectivity index is 2.08. The Labute approximate surface area is 116 Å². The van der Waals surface area contributed by atoms with E-state index in [1.807, 2.05) is 30.5 Å². The van der Waals surface area contributed by atoms with Gasteiger partial charge in [-0.1, -0.05) is 11.6 Å². The molecule has 2 rings (SSSR count). The monoisotopic (exact) mass is 282 g/mol. The van der Waals surface area contributed by atoms with Crippen LogP contribution in [-0.4, -0.2) is 11.5 Å². The molecule has 18 heavy (non-hydrogen) atoms. The fourth-order valence-corrected chi connectivity index (χ4v) is 2.46. The molecule has 1 aromatic carbocycles. The predicted molar refractivity (Wildman–Crippen MR) is 75.4 cm³/mol. The summed E-state index contributed by atoms with van der Waals surface area (Å²) in [5.41, 5.74) is 7.57. The highest BCUT2D eigenvalue weighted by atomic mass is 35.5. The Morgan fingerprint density at radius 2 is 2.28 bits per heavy atom. The van der Waals surface area contributed by atoms with Crippen LogP contribution >= 0.6 is 22.9 Å². The third kappa shape index (κ3) is 3.45. The number of ether oxygens (including phenoxy) is 1. The van der Waals surface area contributed by atoms with Gasteiger partial charge in [-0.25, -0.2) is 4.98 Å². The van der Waals surface area contributed by atoms with Crippen LogP contribution in [-0.2, 0) is 13.0 Å². The quantitative estimate of drug-likeness (QED) is 0.916. The number of nitrogens with zero attached hydrogens (tertiary/aromatic N) is 1. The van der Waals surface area contributed by atoms with Crippen LogP contribution in [0.1, 0.15) is 16.3 Å². The molecule has 3 nitrogen and oxygen atoms in total. The molecule has 0 aliphatic heterocycles. The van der Waals surface area contributed by atoms with E-state index in [0.717, 1.165) is 28.4 Å². The summed E-state index contributed by atoms with van der Waals surface area (Å²) in [6.45, 7) is 3.03. The smallest absolute Gasteiger partial charge is 0.131 e. The van der Waals surface area contributed by atoms with Gasteiger partial charge in [0.1, 0.15) is 12.4 Å². The molecule has 0 fully saturated rings. The van der Waals surface area contributed by atoms with E-state index >= 15 is 0 Å². The van der Waals surface area contributed by atoms with Crippen molar-refractivity contribution in [2.75, 3.05) is 6.54 Å². The minimum absolute atomic E-state index is 0.476. The average Bonchev–Trinajstić information content (AvgIpc) is 2.75. The summed E-state index contributed by atoms with van der Waals surface area (Å²) in [5, 5.41) is 3.76. The summed E-state index contributed by atoms with van der Waals surface area (Å²) in [4.78, 5) is 4.36. The van der Waals surface area contributed by atoms with E-state index in [0.29, 0.717) is 18.2 Å². The summed E-state index contributed by atoms with van der Waals surface area (Å²) >= 11 is 7.59. The van der Waals surface area contributed by atoms with Gasteiger partial charge in [0, 0.05) is 10.4 Å². The zero-order valence-electron chi connectivity index (χ0n) is 10.1. The second-order valence-electron chi connectivity index (χ2n) is 3.94. The Morgan fingerprint density at radius 1 is 1.44 bits per heavy atom. The Kier molecular flexibility index (Phi) is 4.58. The van der Waals surface area contributed by atoms with Crippen molar-refractivity contribution in [3.05, 3.63) is 44.9 Å². The molecule has 0 spiro atoms. The summed E-state index contributed by atoms with van der Waals surface area (Å²) < 4.78 is 5.77. The molecular formula is C13H15ClN2OS. The van der Waals surface area contributed by atoms with Gasteiger partial charge in [-0.3, -0.25) is 0 Å². The number of benzene rings is 1. The third-order valence-corrected chi connectivity index (χ3v) is 3.54. The van der Waals surface area contributed by atoms with Crippen molar-refractivity contribution in [1.29, 1.82) is 0 Å². The van der Waals surface area contributed by atoms with Crippen LogP contribution in [0.15, 0.2) is 23.6 Å². The van der Waals surface area contributed by atoms with Gasteiger partial charge in [-0.2, -0.15) is 0 Å². The van der Waals surface area contributed by atoms with Crippen molar-refractivity contribution in [1.82, 2.24) is 4.98 Å². The van der Waals surface area contributed by atoms with E-state index < -0.39 is 0 Å². The molecule has 0 saturated carbocycles. The molecule has 0 amide bonds. The molecule has 96 valence electrons. The lowest BCUT2D eigenvalue weighted by Gasteiger charge is -2.10. The average molecular weight is 283 g/mol. The number of thiazole rings is 1. The number of nitrogens with two attached hydrogens (primary N) is 1. The summed E-state index contributed by atoms with van der Waals surface area (Å²) in [6.07, 6.45) is 0.756. The van der Waals surface area contributed by atoms with Crippen LogP contribution in [0.4, 0.5) is 0 Å². The maximum atomic E-state index is 5.97. The van der Waals surface area contributed by atoms with Crippen LogP contribution in [0.25, 0.3) is 0 Å². The Hall–Kier alpha value is -1.10. The fourth-order valence-electron chi connectivity index (χ4n) is 1.67. The molecular weight excluding hydrogens is 268 g/mol. The molecule has 0 bridgehead atoms. The summed E-state index contributed by atoms with van der Waals surface area (Å²) in [6, 6.07) is 5.60. The summed E-state index contributed by atoms with van der Waals surface area (Å²) in [5.74, 6) is 0.829. The van der Waals surface area contributed by atoms with Crippen molar-refractivity contribution in [3.8, 4) is 5.75 Å². The van der Waals surface area contributed by atoms with Crippen molar-refractivity contribution < 1.29 is 4.74 Å². The normalized spacial score (nSPS) is 10.6. The molecule has 0 unspecified atom stereocenters. The minimum Gasteiger partial charge on any atom is -0.487 e. The van der Waals surface area contributed by atoms with Gasteiger partial charge in [0.25, 0.3) is 0 Å². The molecule has 0 saturated heterocycles. The number of hydrogen-bond acceptors (Lipinski definition) is 4. The zero-order valence-corrected chi connectivity index (χ0v) is 11.7. The minimum atomic E-state index is 0.476. The molecule has 2 aromatic rings. The molecule has 0 atom stereocenters. The van der Waals surface area contributed by atoms with E-state index in [9.17, 15) is 0 Å². The third-order valence-electron chi connectivity index (χ3n) is 2.48. The highest BCUT2D eigenvalue weighted by Gasteiger charge is 2.06. The molecule has 1 aromatic heterocycles. The maximum Gasteiger partial charge on any atom is 0.131 e. The van der Waals surface area contributed by atoms with Crippen LogP contribution in [0.2, 0.25) is 5.02 Å². The van der Waals surface area contributed by atoms with Crippen LogP contribution in [0.3, 0.4) is 0 Å². The second-order valence-corrected chi connectivity index (χ2v) is 5.44. The maximum absolute atomic E-state index is 5.97. The van der Waals surface area contributed by atoms with Crippen LogP contribution < -0.4 is 10.5 Å². The highest BCUT2D eigenvalue weighted by molar-refractivity contribution is 7.09. The van der Waals surface area contributed by atoms with Crippen LogP contribution in [0, 0.1) is 6.92 Å². The first-order chi connectivity index (χ1) is 8.69. The molecule has 0 aliphatic carbocycles. The summed E-state index contributed by atoms with van der Waals surface area (Å²) in [7, 11) is 0. The van der Waals surface area contributed by atoms with E-state index in [2.05, 4.69) is 4.98 Å². The second kappa shape index (κ2) is 6.18. The van der Waals surface area contributed by atoms with Gasteiger partial charge in [-0.05, 0) is 43.7 Å². The van der Waals surface area contributed by atoms with Crippen molar-refractivity contribution in [2.24, 2.45) is 5.73 Å². The van der Waals surface area contributed by atoms with E-state index in [4.69, 9.17) is 22.1 Å². The predicted octanol–water partition coefficient (Wildman–Crippen LogP) is 3.19. The molecule has 2 N–H and O–H groups in total.